The third-order valence-corrected chi connectivity index (χ3v) is 6.65. The van der Waals surface area contributed by atoms with Crippen molar-refractivity contribution < 1.29 is 14.3 Å². The van der Waals surface area contributed by atoms with Crippen molar-refractivity contribution in [3.63, 3.8) is 0 Å². The average Bonchev–Trinajstić information content (AvgIpc) is 3.35. The zero-order chi connectivity index (χ0) is 18.6. The lowest BCUT2D eigenvalue weighted by atomic mass is 9.99. The van der Waals surface area contributed by atoms with Gasteiger partial charge < -0.3 is 9.64 Å². The third kappa shape index (κ3) is 4.36. The highest BCUT2D eigenvalue weighted by Crippen LogP contribution is 2.32. The molecule has 0 unspecified atom stereocenters. The van der Waals surface area contributed by atoms with Crippen LogP contribution in [-0.4, -0.2) is 41.5 Å². The maximum atomic E-state index is 12.5. The predicted octanol–water partition coefficient (Wildman–Crippen LogP) is 3.85. The number of carbonyl (C=O) groups is 2. The molecule has 0 aliphatic carbocycles. The van der Waals surface area contributed by atoms with Crippen LogP contribution in [0.5, 0.6) is 0 Å². The topological polar surface area (TPSA) is 59.5 Å². The number of rotatable bonds is 5. The van der Waals surface area contributed by atoms with Crippen LogP contribution >= 0.6 is 22.7 Å². The standard InChI is InChI=1S/C20H20N2O3S2/c23-18(12-25-19(24)10-14-7-9-26-13-14)22-8-3-4-15(11-22)20-21-16-5-1-2-6-17(16)27-20/h1-2,5-7,9,13,15H,3-4,8,10-12H2/t15-/m1/s1. The second kappa shape index (κ2) is 8.19. The molecule has 1 atom stereocenters. The zero-order valence-electron chi connectivity index (χ0n) is 14.8. The molecule has 3 heterocycles. The molecular weight excluding hydrogens is 380 g/mol. The summed E-state index contributed by atoms with van der Waals surface area (Å²) in [6.45, 7) is 1.17. The smallest absolute Gasteiger partial charge is 0.310 e. The number of fused-ring (bicyclic) bond motifs is 1. The maximum absolute atomic E-state index is 12.5. The van der Waals surface area contributed by atoms with Crippen LogP contribution in [0.15, 0.2) is 41.1 Å². The van der Waals surface area contributed by atoms with Gasteiger partial charge in [-0.05, 0) is 47.4 Å². The Hall–Kier alpha value is -2.25. The highest BCUT2D eigenvalue weighted by Gasteiger charge is 2.27. The Morgan fingerprint density at radius 1 is 1.26 bits per heavy atom. The van der Waals surface area contributed by atoms with E-state index >= 15 is 0 Å². The van der Waals surface area contributed by atoms with E-state index in [4.69, 9.17) is 9.72 Å². The Balaban J connectivity index is 1.33. The van der Waals surface area contributed by atoms with E-state index in [1.165, 1.54) is 4.70 Å². The Kier molecular flexibility index (Phi) is 5.50. The average molecular weight is 401 g/mol. The van der Waals surface area contributed by atoms with Gasteiger partial charge in [-0.2, -0.15) is 11.3 Å². The van der Waals surface area contributed by atoms with Crippen LogP contribution in [0.25, 0.3) is 10.2 Å². The number of thiazole rings is 1. The van der Waals surface area contributed by atoms with E-state index in [0.29, 0.717) is 13.1 Å². The molecule has 0 bridgehead atoms. The Labute approximate surface area is 165 Å². The summed E-state index contributed by atoms with van der Waals surface area (Å²) in [5, 5.41) is 4.92. The molecule has 0 N–H and O–H groups in total. The first-order valence-corrected chi connectivity index (χ1v) is 10.7. The summed E-state index contributed by atoms with van der Waals surface area (Å²) in [6, 6.07) is 10.0. The van der Waals surface area contributed by atoms with E-state index in [1.54, 1.807) is 27.6 Å². The number of hydrogen-bond acceptors (Lipinski definition) is 6. The number of amides is 1. The van der Waals surface area contributed by atoms with Crippen molar-refractivity contribution in [1.29, 1.82) is 0 Å². The van der Waals surface area contributed by atoms with Gasteiger partial charge in [0.1, 0.15) is 0 Å². The fourth-order valence-electron chi connectivity index (χ4n) is 3.31. The molecule has 1 fully saturated rings. The monoisotopic (exact) mass is 400 g/mol. The SMILES string of the molecule is O=C(Cc1ccsc1)OCC(=O)N1CCC[C@@H](c2nc3ccccc3s2)C1. The molecule has 7 heteroatoms. The first kappa shape index (κ1) is 18.1. The molecule has 1 aliphatic rings. The predicted molar refractivity (Wildman–Crippen MR) is 107 cm³/mol. The highest BCUT2D eigenvalue weighted by atomic mass is 32.1. The van der Waals surface area contributed by atoms with Crippen molar-refractivity contribution in [2.75, 3.05) is 19.7 Å². The van der Waals surface area contributed by atoms with Gasteiger partial charge in [0.25, 0.3) is 5.91 Å². The molecule has 1 saturated heterocycles. The fraction of sp³-hybridized carbons (Fsp3) is 0.350. The number of hydrogen-bond donors (Lipinski definition) is 0. The summed E-state index contributed by atoms with van der Waals surface area (Å²) < 4.78 is 6.36. The second-order valence-corrected chi connectivity index (χ2v) is 8.51. The van der Waals surface area contributed by atoms with Crippen molar-refractivity contribution in [2.24, 2.45) is 0 Å². The van der Waals surface area contributed by atoms with Gasteiger partial charge in [0.15, 0.2) is 6.61 Å². The molecule has 1 amide bonds. The second-order valence-electron chi connectivity index (χ2n) is 6.67. The first-order chi connectivity index (χ1) is 13.2. The first-order valence-electron chi connectivity index (χ1n) is 8.99. The van der Waals surface area contributed by atoms with Crippen LogP contribution in [0.3, 0.4) is 0 Å². The molecule has 0 spiro atoms. The molecule has 27 heavy (non-hydrogen) atoms. The molecule has 2 aromatic heterocycles. The molecule has 5 nitrogen and oxygen atoms in total. The van der Waals surface area contributed by atoms with E-state index < -0.39 is 0 Å². The highest BCUT2D eigenvalue weighted by molar-refractivity contribution is 7.18. The quantitative estimate of drug-likeness (QED) is 0.611. The number of nitrogens with zero attached hydrogens (tertiary/aromatic N) is 2. The molecule has 4 rings (SSSR count). The minimum Gasteiger partial charge on any atom is -0.455 e. The van der Waals surface area contributed by atoms with Gasteiger partial charge in [0.2, 0.25) is 0 Å². The minimum absolute atomic E-state index is 0.125. The van der Waals surface area contributed by atoms with Crippen LogP contribution in [0.4, 0.5) is 0 Å². The minimum atomic E-state index is -0.360. The lowest BCUT2D eigenvalue weighted by Crippen LogP contribution is -2.41. The van der Waals surface area contributed by atoms with E-state index in [2.05, 4.69) is 6.07 Å². The van der Waals surface area contributed by atoms with Crippen molar-refractivity contribution in [2.45, 2.75) is 25.2 Å². The summed E-state index contributed by atoms with van der Waals surface area (Å²) in [7, 11) is 0. The number of likely N-dealkylation sites (tertiary alicyclic amines) is 1. The van der Waals surface area contributed by atoms with Crippen molar-refractivity contribution in [1.82, 2.24) is 9.88 Å². The van der Waals surface area contributed by atoms with Gasteiger partial charge in [-0.15, -0.1) is 11.3 Å². The van der Waals surface area contributed by atoms with Gasteiger partial charge in [0, 0.05) is 19.0 Å². The molecule has 0 saturated carbocycles. The molecule has 1 aliphatic heterocycles. The van der Waals surface area contributed by atoms with E-state index in [0.717, 1.165) is 28.9 Å². The fourth-order valence-corrected chi connectivity index (χ4v) is 5.08. The van der Waals surface area contributed by atoms with Crippen LogP contribution in [-0.2, 0) is 20.7 Å². The Morgan fingerprint density at radius 3 is 2.96 bits per heavy atom. The number of ether oxygens (including phenoxy) is 1. The largest absolute Gasteiger partial charge is 0.455 e. The summed E-state index contributed by atoms with van der Waals surface area (Å²) >= 11 is 3.24. The van der Waals surface area contributed by atoms with Gasteiger partial charge in [-0.1, -0.05) is 12.1 Å². The summed E-state index contributed by atoms with van der Waals surface area (Å²) in [5.41, 5.74) is 1.94. The molecule has 140 valence electrons. The van der Waals surface area contributed by atoms with E-state index in [9.17, 15) is 9.59 Å². The van der Waals surface area contributed by atoms with Crippen molar-refractivity contribution >= 4 is 44.8 Å². The molecule has 0 radical (unpaired) electrons. The van der Waals surface area contributed by atoms with Gasteiger partial charge in [0.05, 0.1) is 21.6 Å². The molecule has 1 aromatic carbocycles. The summed E-state index contributed by atoms with van der Waals surface area (Å²) in [4.78, 5) is 30.9. The van der Waals surface area contributed by atoms with Gasteiger partial charge >= 0.3 is 5.97 Å². The summed E-state index contributed by atoms with van der Waals surface area (Å²) in [5.74, 6) is -0.234. The number of esters is 1. The van der Waals surface area contributed by atoms with Crippen molar-refractivity contribution in [3.8, 4) is 0 Å². The van der Waals surface area contributed by atoms with Crippen LogP contribution in [0.2, 0.25) is 0 Å². The number of thiophene rings is 1. The van der Waals surface area contributed by atoms with Crippen LogP contribution < -0.4 is 0 Å². The van der Waals surface area contributed by atoms with Gasteiger partial charge in [-0.3, -0.25) is 9.59 Å². The molecular formula is C20H20N2O3S2. The number of para-hydroxylation sites is 1. The Bertz CT molecular complexity index is 903. The third-order valence-electron chi connectivity index (χ3n) is 4.72. The Morgan fingerprint density at radius 2 is 2.15 bits per heavy atom. The van der Waals surface area contributed by atoms with Gasteiger partial charge in [-0.25, -0.2) is 4.98 Å². The van der Waals surface area contributed by atoms with E-state index in [1.807, 2.05) is 35.0 Å². The van der Waals surface area contributed by atoms with E-state index in [-0.39, 0.29) is 30.8 Å². The zero-order valence-corrected chi connectivity index (χ0v) is 16.4. The maximum Gasteiger partial charge on any atom is 0.310 e. The van der Waals surface area contributed by atoms with Crippen LogP contribution in [0.1, 0.15) is 29.3 Å². The number of aromatic nitrogens is 1. The number of benzene rings is 1. The lowest BCUT2D eigenvalue weighted by Gasteiger charge is -2.31. The van der Waals surface area contributed by atoms with Crippen LogP contribution in [0, 0.1) is 0 Å². The summed E-state index contributed by atoms with van der Waals surface area (Å²) in [6.07, 6.45) is 2.18. The number of piperidine rings is 1. The normalized spacial score (nSPS) is 17.2. The number of carbonyl (C=O) groups excluding carboxylic acids is 2. The molecule has 3 aromatic rings. The van der Waals surface area contributed by atoms with Crippen molar-refractivity contribution in [3.05, 3.63) is 51.7 Å². The lowest BCUT2D eigenvalue weighted by molar-refractivity contribution is -0.152.